The van der Waals surface area contributed by atoms with Crippen LogP contribution in [-0.4, -0.2) is 31.7 Å². The van der Waals surface area contributed by atoms with Crippen LogP contribution in [0.5, 0.6) is 0 Å². The topological polar surface area (TPSA) is 84.2 Å². The first kappa shape index (κ1) is 13.5. The minimum atomic E-state index is -3.26. The molecule has 1 saturated carbocycles. The van der Waals surface area contributed by atoms with E-state index in [-0.39, 0.29) is 12.3 Å². The van der Waals surface area contributed by atoms with Gasteiger partial charge in [-0.05, 0) is 26.7 Å². The highest BCUT2D eigenvalue weighted by Crippen LogP contribution is 2.18. The molecule has 0 saturated heterocycles. The Bertz CT molecular complexity index is 486. The van der Waals surface area contributed by atoms with Gasteiger partial charge in [0.05, 0.1) is 18.0 Å². The van der Waals surface area contributed by atoms with Crippen LogP contribution >= 0.6 is 0 Å². The first-order valence-corrected chi connectivity index (χ1v) is 7.75. The van der Waals surface area contributed by atoms with E-state index in [1.807, 2.05) is 6.92 Å². The highest BCUT2D eigenvalue weighted by Gasteiger charge is 2.21. The van der Waals surface area contributed by atoms with E-state index in [0.29, 0.717) is 18.5 Å². The first-order valence-electron chi connectivity index (χ1n) is 6.10. The molecular formula is C11H19N3O3S. The molecule has 1 heterocycles. The summed E-state index contributed by atoms with van der Waals surface area (Å²) in [5.74, 6) is 1.21. The van der Waals surface area contributed by atoms with E-state index in [1.54, 1.807) is 6.92 Å². The molecule has 2 rings (SSSR count). The Morgan fingerprint density at radius 3 is 2.67 bits per heavy atom. The summed E-state index contributed by atoms with van der Waals surface area (Å²) < 4.78 is 31.1. The number of nitrogens with one attached hydrogen (secondary N) is 2. The van der Waals surface area contributed by atoms with Gasteiger partial charge in [0.25, 0.3) is 0 Å². The highest BCUT2D eigenvalue weighted by atomic mass is 32.2. The largest absolute Gasteiger partial charge is 0.444 e. The van der Waals surface area contributed by atoms with Gasteiger partial charge >= 0.3 is 0 Å². The summed E-state index contributed by atoms with van der Waals surface area (Å²) in [6, 6.07) is 0.525. The average molecular weight is 273 g/mol. The predicted octanol–water partition coefficient (Wildman–Crippen LogP) is 0.463. The van der Waals surface area contributed by atoms with Crippen molar-refractivity contribution in [2.45, 2.75) is 39.3 Å². The molecule has 1 aromatic heterocycles. The number of hydrogen-bond donors (Lipinski definition) is 2. The van der Waals surface area contributed by atoms with Crippen LogP contribution in [0.3, 0.4) is 0 Å². The average Bonchev–Trinajstić information content (AvgIpc) is 3.04. The van der Waals surface area contributed by atoms with Crippen molar-refractivity contribution >= 4 is 10.0 Å². The van der Waals surface area contributed by atoms with Crippen LogP contribution < -0.4 is 10.0 Å². The zero-order chi connectivity index (χ0) is 13.2. The molecule has 18 heavy (non-hydrogen) atoms. The van der Waals surface area contributed by atoms with Crippen LogP contribution in [0.4, 0.5) is 0 Å². The molecule has 0 bridgehead atoms. The van der Waals surface area contributed by atoms with E-state index in [2.05, 4.69) is 15.0 Å². The molecule has 2 N–H and O–H groups in total. The van der Waals surface area contributed by atoms with Crippen molar-refractivity contribution in [1.29, 1.82) is 0 Å². The molecule has 7 heteroatoms. The SMILES string of the molecule is Cc1nc(CNS(=O)(=O)CCNC2CC2)oc1C. The Hall–Kier alpha value is -0.920. The van der Waals surface area contributed by atoms with Crippen molar-refractivity contribution in [3.05, 3.63) is 17.3 Å². The zero-order valence-corrected chi connectivity index (χ0v) is 11.5. The van der Waals surface area contributed by atoms with E-state index in [9.17, 15) is 8.42 Å². The first-order chi connectivity index (χ1) is 8.46. The number of rotatable bonds is 7. The fourth-order valence-electron chi connectivity index (χ4n) is 1.54. The van der Waals surface area contributed by atoms with Gasteiger partial charge in [0.1, 0.15) is 5.76 Å². The van der Waals surface area contributed by atoms with Gasteiger partial charge in [0.2, 0.25) is 15.9 Å². The molecule has 1 fully saturated rings. The summed E-state index contributed by atoms with van der Waals surface area (Å²) in [7, 11) is -3.26. The van der Waals surface area contributed by atoms with Crippen molar-refractivity contribution in [3.8, 4) is 0 Å². The summed E-state index contributed by atoms with van der Waals surface area (Å²) in [5, 5.41) is 3.17. The van der Waals surface area contributed by atoms with Gasteiger partial charge in [-0.15, -0.1) is 0 Å². The summed E-state index contributed by atoms with van der Waals surface area (Å²) in [5.41, 5.74) is 0.791. The van der Waals surface area contributed by atoms with Crippen LogP contribution in [0.2, 0.25) is 0 Å². The summed E-state index contributed by atoms with van der Waals surface area (Å²) in [6.07, 6.45) is 2.31. The van der Waals surface area contributed by atoms with Crippen molar-refractivity contribution in [2.24, 2.45) is 0 Å². The minimum absolute atomic E-state index is 0.0855. The van der Waals surface area contributed by atoms with Crippen molar-refractivity contribution in [2.75, 3.05) is 12.3 Å². The van der Waals surface area contributed by atoms with E-state index in [4.69, 9.17) is 4.42 Å². The Balaban J connectivity index is 1.76. The molecule has 0 aliphatic heterocycles. The van der Waals surface area contributed by atoms with Crippen LogP contribution in [-0.2, 0) is 16.6 Å². The lowest BCUT2D eigenvalue weighted by Crippen LogP contribution is -2.32. The summed E-state index contributed by atoms with van der Waals surface area (Å²) >= 11 is 0. The van der Waals surface area contributed by atoms with Crippen molar-refractivity contribution < 1.29 is 12.8 Å². The van der Waals surface area contributed by atoms with Gasteiger partial charge in [-0.2, -0.15) is 0 Å². The van der Waals surface area contributed by atoms with Crippen LogP contribution in [0.15, 0.2) is 4.42 Å². The third-order valence-corrected chi connectivity index (χ3v) is 4.22. The molecule has 1 aliphatic carbocycles. The lowest BCUT2D eigenvalue weighted by Gasteiger charge is -2.05. The lowest BCUT2D eigenvalue weighted by molar-refractivity contribution is 0.462. The number of oxazole rings is 1. The molecule has 0 spiro atoms. The van der Waals surface area contributed by atoms with E-state index >= 15 is 0 Å². The Morgan fingerprint density at radius 2 is 2.11 bits per heavy atom. The fourth-order valence-corrected chi connectivity index (χ4v) is 2.42. The molecule has 0 amide bonds. The second kappa shape index (κ2) is 5.38. The number of hydrogen-bond acceptors (Lipinski definition) is 5. The standard InChI is InChI=1S/C11H19N3O3S/c1-8-9(2)17-11(14-8)7-13-18(15,16)6-5-12-10-3-4-10/h10,12-13H,3-7H2,1-2H3. The maximum atomic E-state index is 11.7. The van der Waals surface area contributed by atoms with E-state index < -0.39 is 10.0 Å². The maximum absolute atomic E-state index is 11.7. The smallest absolute Gasteiger partial charge is 0.213 e. The van der Waals surface area contributed by atoms with Crippen LogP contribution in [0.1, 0.15) is 30.2 Å². The highest BCUT2D eigenvalue weighted by molar-refractivity contribution is 7.89. The Kier molecular flexibility index (Phi) is 4.04. The zero-order valence-electron chi connectivity index (χ0n) is 10.7. The van der Waals surface area contributed by atoms with Crippen LogP contribution in [0, 0.1) is 13.8 Å². The minimum Gasteiger partial charge on any atom is -0.444 e. The second-order valence-electron chi connectivity index (χ2n) is 4.62. The molecule has 0 aromatic carbocycles. The van der Waals surface area contributed by atoms with E-state index in [1.165, 1.54) is 0 Å². The monoisotopic (exact) mass is 273 g/mol. The quantitative estimate of drug-likeness (QED) is 0.754. The third-order valence-electron chi connectivity index (χ3n) is 2.90. The Morgan fingerprint density at radius 1 is 1.39 bits per heavy atom. The maximum Gasteiger partial charge on any atom is 0.213 e. The van der Waals surface area contributed by atoms with Gasteiger partial charge in [-0.3, -0.25) is 0 Å². The van der Waals surface area contributed by atoms with Gasteiger partial charge in [0, 0.05) is 12.6 Å². The number of nitrogens with zero attached hydrogens (tertiary/aromatic N) is 1. The van der Waals surface area contributed by atoms with E-state index in [0.717, 1.165) is 24.3 Å². The fraction of sp³-hybridized carbons (Fsp3) is 0.727. The molecule has 102 valence electrons. The normalized spacial score (nSPS) is 16.1. The summed E-state index contributed by atoms with van der Waals surface area (Å²) in [4.78, 5) is 4.12. The van der Waals surface area contributed by atoms with Gasteiger partial charge < -0.3 is 9.73 Å². The molecule has 1 aromatic rings. The van der Waals surface area contributed by atoms with Crippen molar-refractivity contribution in [3.63, 3.8) is 0 Å². The lowest BCUT2D eigenvalue weighted by atomic mass is 10.4. The Labute approximate surface area is 107 Å². The number of aryl methyl sites for hydroxylation is 2. The van der Waals surface area contributed by atoms with Gasteiger partial charge in [-0.25, -0.2) is 18.1 Å². The number of aromatic nitrogens is 1. The predicted molar refractivity (Wildman–Crippen MR) is 67.6 cm³/mol. The molecule has 1 aliphatic rings. The van der Waals surface area contributed by atoms with Crippen LogP contribution in [0.25, 0.3) is 0 Å². The van der Waals surface area contributed by atoms with Gasteiger partial charge in [0.15, 0.2) is 0 Å². The third kappa shape index (κ3) is 4.08. The second-order valence-corrected chi connectivity index (χ2v) is 6.54. The molecule has 0 unspecified atom stereocenters. The molecule has 0 radical (unpaired) electrons. The molecule has 6 nitrogen and oxygen atoms in total. The molecular weight excluding hydrogens is 254 g/mol. The summed E-state index contributed by atoms with van der Waals surface area (Å²) in [6.45, 7) is 4.24. The van der Waals surface area contributed by atoms with Gasteiger partial charge in [-0.1, -0.05) is 0 Å². The van der Waals surface area contributed by atoms with Crippen molar-refractivity contribution in [1.82, 2.24) is 15.0 Å². The number of sulfonamides is 1. The molecule has 0 atom stereocenters.